The van der Waals surface area contributed by atoms with Gasteiger partial charge < -0.3 is 23.9 Å². The molecule has 0 radical (unpaired) electrons. The van der Waals surface area contributed by atoms with Crippen molar-refractivity contribution < 1.29 is 19.3 Å². The average Bonchev–Trinajstić information content (AvgIpc) is 3.33. The second-order valence-electron chi connectivity index (χ2n) is 7.54. The van der Waals surface area contributed by atoms with E-state index in [0.717, 1.165) is 10.9 Å². The fraction of sp³-hybridized carbons (Fsp3) is 0.400. The summed E-state index contributed by atoms with van der Waals surface area (Å²) in [5.74, 6) is -0.776. The van der Waals surface area contributed by atoms with Gasteiger partial charge in [0.05, 0.1) is 5.39 Å². The van der Waals surface area contributed by atoms with Crippen LogP contribution in [0.25, 0.3) is 11.0 Å². The minimum atomic E-state index is -0.851. The van der Waals surface area contributed by atoms with Crippen LogP contribution in [0.1, 0.15) is 31.7 Å². The van der Waals surface area contributed by atoms with E-state index < -0.39 is 36.4 Å². The second-order valence-corrected chi connectivity index (χ2v) is 7.89. The van der Waals surface area contributed by atoms with Crippen LogP contribution in [0.3, 0.4) is 0 Å². The van der Waals surface area contributed by atoms with Crippen LogP contribution in [0.5, 0.6) is 0 Å². The molecular formula is C20H20ClN3O4. The first-order chi connectivity index (χ1) is 13.4. The van der Waals surface area contributed by atoms with E-state index in [4.69, 9.17) is 25.8 Å². The van der Waals surface area contributed by atoms with Gasteiger partial charge in [0.25, 0.3) is 0 Å². The molecule has 0 aliphatic carbocycles. The third kappa shape index (κ3) is 2.82. The van der Waals surface area contributed by atoms with Gasteiger partial charge in [0.2, 0.25) is 0 Å². The molecule has 0 saturated carbocycles. The average molecular weight is 402 g/mol. The summed E-state index contributed by atoms with van der Waals surface area (Å²) in [6.45, 7) is 3.72. The molecule has 1 N–H and O–H groups in total. The summed E-state index contributed by atoms with van der Waals surface area (Å²) < 4.78 is 20.4. The SMILES string of the molecule is CC1(C)O[C@@H]2[C@H](O1)[C@@H](C(O)c1ccccc1)O[C@H]2n1ccc2c(Cl)ncnc21. The Hall–Kier alpha value is -2.03. The molecule has 28 heavy (non-hydrogen) atoms. The lowest BCUT2D eigenvalue weighted by Gasteiger charge is -2.27. The van der Waals surface area contributed by atoms with Crippen LogP contribution in [0.15, 0.2) is 48.9 Å². The Bertz CT molecular complexity index is 1010. The molecule has 7 nitrogen and oxygen atoms in total. The highest BCUT2D eigenvalue weighted by atomic mass is 35.5. The van der Waals surface area contributed by atoms with Crippen LogP contribution in [0, 0.1) is 0 Å². The smallest absolute Gasteiger partial charge is 0.164 e. The number of benzene rings is 1. The quantitative estimate of drug-likeness (QED) is 0.679. The van der Waals surface area contributed by atoms with Crippen molar-refractivity contribution in [3.63, 3.8) is 0 Å². The van der Waals surface area contributed by atoms with Gasteiger partial charge >= 0.3 is 0 Å². The molecule has 0 bridgehead atoms. The molecule has 2 saturated heterocycles. The van der Waals surface area contributed by atoms with Crippen LogP contribution < -0.4 is 0 Å². The van der Waals surface area contributed by atoms with E-state index in [1.165, 1.54) is 6.33 Å². The summed E-state index contributed by atoms with van der Waals surface area (Å²) in [5.41, 5.74) is 1.41. The number of hydrogen-bond acceptors (Lipinski definition) is 6. The maximum Gasteiger partial charge on any atom is 0.164 e. The molecule has 2 aliphatic rings. The molecule has 5 rings (SSSR count). The molecule has 146 valence electrons. The Morgan fingerprint density at radius 3 is 2.64 bits per heavy atom. The van der Waals surface area contributed by atoms with Crippen LogP contribution in [0.4, 0.5) is 0 Å². The molecule has 2 fully saturated rings. The summed E-state index contributed by atoms with van der Waals surface area (Å²) in [6.07, 6.45) is 0.482. The number of aromatic nitrogens is 3. The Kier molecular flexibility index (Phi) is 4.19. The number of fused-ring (bicyclic) bond motifs is 2. The van der Waals surface area contributed by atoms with E-state index >= 15 is 0 Å². The van der Waals surface area contributed by atoms with Crippen molar-refractivity contribution in [3.05, 3.63) is 59.6 Å². The lowest BCUT2D eigenvalue weighted by molar-refractivity contribution is -0.207. The normalized spacial score (nSPS) is 29.9. The van der Waals surface area contributed by atoms with Gasteiger partial charge in [-0.05, 0) is 25.5 Å². The summed E-state index contributed by atoms with van der Waals surface area (Å²) in [4.78, 5) is 8.38. The molecule has 4 heterocycles. The molecular weight excluding hydrogens is 382 g/mol. The standard InChI is InChI=1S/C20H20ClN3O4/c1-20(2)27-15-14(13(25)11-6-4-3-5-7-11)26-19(16(15)28-20)24-9-8-12-17(21)22-10-23-18(12)24/h3-10,13-16,19,25H,1-2H3/t13?,14-,15-,16-,19-/m1/s1. The monoisotopic (exact) mass is 401 g/mol. The maximum absolute atomic E-state index is 11.0. The predicted octanol–water partition coefficient (Wildman–Crippen LogP) is 3.24. The molecule has 3 aromatic rings. The zero-order valence-corrected chi connectivity index (χ0v) is 16.2. The van der Waals surface area contributed by atoms with E-state index in [-0.39, 0.29) is 0 Å². The Balaban J connectivity index is 1.55. The Morgan fingerprint density at radius 1 is 1.11 bits per heavy atom. The molecule has 0 amide bonds. The van der Waals surface area contributed by atoms with Crippen molar-refractivity contribution in [3.8, 4) is 0 Å². The zero-order valence-electron chi connectivity index (χ0n) is 15.4. The number of aliphatic hydroxyl groups excluding tert-OH is 1. The molecule has 0 spiro atoms. The van der Waals surface area contributed by atoms with Crippen LogP contribution >= 0.6 is 11.6 Å². The van der Waals surface area contributed by atoms with Gasteiger partial charge in [-0.1, -0.05) is 41.9 Å². The summed E-state index contributed by atoms with van der Waals surface area (Å²) >= 11 is 6.19. The Labute approximate surface area is 166 Å². The molecule has 1 aromatic carbocycles. The van der Waals surface area contributed by atoms with Crippen LogP contribution in [-0.4, -0.2) is 43.7 Å². The number of ether oxygens (including phenoxy) is 3. The van der Waals surface area contributed by atoms with Gasteiger partial charge in [-0.15, -0.1) is 0 Å². The van der Waals surface area contributed by atoms with Gasteiger partial charge in [-0.2, -0.15) is 0 Å². The predicted molar refractivity (Wildman–Crippen MR) is 102 cm³/mol. The van der Waals surface area contributed by atoms with Crippen molar-refractivity contribution in [2.45, 2.75) is 50.3 Å². The number of aliphatic hydroxyl groups is 1. The summed E-state index contributed by atoms with van der Waals surface area (Å²) in [7, 11) is 0. The highest BCUT2D eigenvalue weighted by molar-refractivity contribution is 6.33. The first-order valence-electron chi connectivity index (χ1n) is 9.16. The summed E-state index contributed by atoms with van der Waals surface area (Å²) in [6, 6.07) is 11.3. The first kappa shape index (κ1) is 18.0. The van der Waals surface area contributed by atoms with Crippen molar-refractivity contribution in [2.75, 3.05) is 0 Å². The van der Waals surface area contributed by atoms with E-state index in [9.17, 15) is 5.11 Å². The third-order valence-corrected chi connectivity index (χ3v) is 5.55. The first-order valence-corrected chi connectivity index (χ1v) is 9.53. The summed E-state index contributed by atoms with van der Waals surface area (Å²) in [5, 5.41) is 12.1. The molecule has 5 atom stereocenters. The van der Waals surface area contributed by atoms with Crippen molar-refractivity contribution in [2.24, 2.45) is 0 Å². The van der Waals surface area contributed by atoms with Gasteiger partial charge in [0.15, 0.2) is 12.0 Å². The van der Waals surface area contributed by atoms with Gasteiger partial charge in [0, 0.05) is 6.20 Å². The molecule has 2 aliphatic heterocycles. The van der Waals surface area contributed by atoms with Gasteiger partial charge in [-0.3, -0.25) is 0 Å². The number of hydrogen-bond donors (Lipinski definition) is 1. The van der Waals surface area contributed by atoms with E-state index in [0.29, 0.717) is 10.8 Å². The largest absolute Gasteiger partial charge is 0.386 e. The van der Waals surface area contributed by atoms with Gasteiger partial charge in [-0.25, -0.2) is 9.97 Å². The zero-order chi connectivity index (χ0) is 19.5. The molecule has 2 aromatic heterocycles. The number of halogens is 1. The number of nitrogens with zero attached hydrogens (tertiary/aromatic N) is 3. The van der Waals surface area contributed by atoms with Crippen molar-refractivity contribution >= 4 is 22.6 Å². The minimum absolute atomic E-state index is 0.378. The highest BCUT2D eigenvalue weighted by Gasteiger charge is 2.58. The fourth-order valence-electron chi connectivity index (χ4n) is 4.07. The van der Waals surface area contributed by atoms with E-state index in [1.54, 1.807) is 0 Å². The molecule has 8 heteroatoms. The lowest BCUT2D eigenvalue weighted by Crippen LogP contribution is -2.34. The number of rotatable bonds is 3. The lowest BCUT2D eigenvalue weighted by atomic mass is 9.99. The third-order valence-electron chi connectivity index (χ3n) is 5.25. The van der Waals surface area contributed by atoms with Crippen LogP contribution in [-0.2, 0) is 14.2 Å². The van der Waals surface area contributed by atoms with Crippen molar-refractivity contribution in [1.29, 1.82) is 0 Å². The van der Waals surface area contributed by atoms with E-state index in [1.807, 2.05) is 61.0 Å². The Morgan fingerprint density at radius 2 is 1.86 bits per heavy atom. The van der Waals surface area contributed by atoms with Gasteiger partial charge in [0.1, 0.15) is 41.5 Å². The fourth-order valence-corrected chi connectivity index (χ4v) is 4.26. The highest BCUT2D eigenvalue weighted by Crippen LogP contribution is 2.47. The van der Waals surface area contributed by atoms with E-state index in [2.05, 4.69) is 9.97 Å². The maximum atomic E-state index is 11.0. The minimum Gasteiger partial charge on any atom is -0.386 e. The topological polar surface area (TPSA) is 78.6 Å². The molecule has 1 unspecified atom stereocenters. The van der Waals surface area contributed by atoms with Crippen molar-refractivity contribution in [1.82, 2.24) is 14.5 Å². The van der Waals surface area contributed by atoms with Crippen LogP contribution in [0.2, 0.25) is 5.15 Å². The second kappa shape index (κ2) is 6.50.